The van der Waals surface area contributed by atoms with Gasteiger partial charge >= 0.3 is 0 Å². The van der Waals surface area contributed by atoms with Gasteiger partial charge in [0.05, 0.1) is 0 Å². The largest absolute Gasteiger partial charge is 0.484 e. The van der Waals surface area contributed by atoms with Crippen LogP contribution in [0.25, 0.3) is 11.4 Å². The molecule has 0 radical (unpaired) electrons. The van der Waals surface area contributed by atoms with Crippen LogP contribution in [0.4, 0.5) is 0 Å². The third kappa shape index (κ3) is 3.17. The number of nitrogens with zero attached hydrogens (tertiary/aromatic N) is 3. The smallest absolute Gasteiger partial charge is 0.264 e. The van der Waals surface area contributed by atoms with Crippen LogP contribution in [0, 0.1) is 13.8 Å². The molecule has 0 amide bonds. The van der Waals surface area contributed by atoms with E-state index in [9.17, 15) is 0 Å². The molecule has 2 aromatic heterocycles. The van der Waals surface area contributed by atoms with Crippen molar-refractivity contribution in [2.75, 3.05) is 0 Å². The molecule has 0 atom stereocenters. The molecule has 0 aliphatic carbocycles. The molecule has 0 N–H and O–H groups in total. The van der Waals surface area contributed by atoms with Crippen molar-refractivity contribution >= 4 is 15.9 Å². The lowest BCUT2D eigenvalue weighted by molar-refractivity contribution is 0.242. The van der Waals surface area contributed by atoms with Crippen molar-refractivity contribution in [1.29, 1.82) is 0 Å². The second kappa shape index (κ2) is 6.27. The Morgan fingerprint density at radius 2 is 2.00 bits per heavy atom. The van der Waals surface area contributed by atoms with Gasteiger partial charge < -0.3 is 9.26 Å². The van der Waals surface area contributed by atoms with Crippen LogP contribution < -0.4 is 4.74 Å². The zero-order valence-corrected chi connectivity index (χ0v) is 13.8. The number of pyridine rings is 1. The van der Waals surface area contributed by atoms with Crippen LogP contribution in [0.15, 0.2) is 45.7 Å². The number of aromatic nitrogens is 3. The molecule has 3 aromatic rings. The number of benzene rings is 1. The van der Waals surface area contributed by atoms with Gasteiger partial charge in [-0.05, 0) is 49.2 Å². The first-order chi connectivity index (χ1) is 10.6. The number of rotatable bonds is 4. The molecule has 0 spiro atoms. The predicted octanol–water partition coefficient (Wildman–Crippen LogP) is 4.09. The van der Waals surface area contributed by atoms with Crippen LogP contribution in [0.5, 0.6) is 5.75 Å². The van der Waals surface area contributed by atoms with E-state index < -0.39 is 0 Å². The summed E-state index contributed by atoms with van der Waals surface area (Å²) in [6, 6.07) is 7.64. The van der Waals surface area contributed by atoms with Gasteiger partial charge in [0.1, 0.15) is 5.75 Å². The third-order valence-electron chi connectivity index (χ3n) is 3.16. The number of aryl methyl sites for hydroxylation is 2. The predicted molar refractivity (Wildman–Crippen MR) is 85.5 cm³/mol. The van der Waals surface area contributed by atoms with Crippen molar-refractivity contribution in [3.63, 3.8) is 0 Å². The van der Waals surface area contributed by atoms with Gasteiger partial charge in [0.2, 0.25) is 5.82 Å². The normalized spacial score (nSPS) is 10.7. The number of halogens is 1. The van der Waals surface area contributed by atoms with E-state index in [4.69, 9.17) is 9.26 Å². The number of hydrogen-bond acceptors (Lipinski definition) is 5. The highest BCUT2D eigenvalue weighted by atomic mass is 79.9. The Kier molecular flexibility index (Phi) is 4.20. The molecule has 2 heterocycles. The van der Waals surface area contributed by atoms with Gasteiger partial charge in [0, 0.05) is 22.4 Å². The molecular formula is C16H14BrN3O2. The molecule has 6 heteroatoms. The summed E-state index contributed by atoms with van der Waals surface area (Å²) < 4.78 is 12.0. The maximum Gasteiger partial charge on any atom is 0.264 e. The number of ether oxygens (including phenoxy) is 1. The average molecular weight is 360 g/mol. The first-order valence-corrected chi connectivity index (χ1v) is 7.55. The van der Waals surface area contributed by atoms with E-state index in [-0.39, 0.29) is 6.61 Å². The summed E-state index contributed by atoms with van der Waals surface area (Å²) in [5.41, 5.74) is 3.06. The fourth-order valence-corrected chi connectivity index (χ4v) is 2.29. The van der Waals surface area contributed by atoms with E-state index in [0.29, 0.717) is 11.7 Å². The van der Waals surface area contributed by atoms with Gasteiger partial charge in [-0.1, -0.05) is 21.1 Å². The average Bonchev–Trinajstić information content (AvgIpc) is 3.00. The monoisotopic (exact) mass is 359 g/mol. The topological polar surface area (TPSA) is 61.0 Å². The second-order valence-corrected chi connectivity index (χ2v) is 5.71. The van der Waals surface area contributed by atoms with E-state index in [0.717, 1.165) is 26.9 Å². The molecule has 0 bridgehead atoms. The van der Waals surface area contributed by atoms with Crippen molar-refractivity contribution < 1.29 is 9.26 Å². The quantitative estimate of drug-likeness (QED) is 0.701. The van der Waals surface area contributed by atoms with Crippen molar-refractivity contribution in [2.45, 2.75) is 20.5 Å². The van der Waals surface area contributed by atoms with E-state index in [1.165, 1.54) is 0 Å². The highest BCUT2D eigenvalue weighted by Gasteiger charge is 2.10. The maximum atomic E-state index is 5.73. The Labute approximate surface area is 136 Å². The summed E-state index contributed by atoms with van der Waals surface area (Å²) in [4.78, 5) is 8.34. The van der Waals surface area contributed by atoms with Crippen molar-refractivity contribution in [2.24, 2.45) is 0 Å². The van der Waals surface area contributed by atoms with E-state index in [2.05, 4.69) is 31.1 Å². The van der Waals surface area contributed by atoms with Crippen LogP contribution in [-0.4, -0.2) is 15.1 Å². The van der Waals surface area contributed by atoms with Gasteiger partial charge in [0.15, 0.2) is 6.61 Å². The Morgan fingerprint density at radius 1 is 1.23 bits per heavy atom. The first-order valence-electron chi connectivity index (χ1n) is 6.76. The van der Waals surface area contributed by atoms with Crippen LogP contribution in [-0.2, 0) is 6.61 Å². The molecule has 22 heavy (non-hydrogen) atoms. The molecule has 0 unspecified atom stereocenters. The zero-order chi connectivity index (χ0) is 15.5. The lowest BCUT2D eigenvalue weighted by Gasteiger charge is -2.08. The van der Waals surface area contributed by atoms with Crippen LogP contribution in [0.2, 0.25) is 0 Å². The summed E-state index contributed by atoms with van der Waals surface area (Å²) in [7, 11) is 0. The van der Waals surface area contributed by atoms with Gasteiger partial charge in [-0.15, -0.1) is 0 Å². The molecular weight excluding hydrogens is 346 g/mol. The van der Waals surface area contributed by atoms with Crippen molar-refractivity contribution in [3.05, 3.63) is 58.1 Å². The Bertz CT molecular complexity index is 764. The minimum Gasteiger partial charge on any atom is -0.484 e. The van der Waals surface area contributed by atoms with Gasteiger partial charge in [-0.2, -0.15) is 4.98 Å². The molecule has 5 nitrogen and oxygen atoms in total. The number of hydrogen-bond donors (Lipinski definition) is 0. The Balaban J connectivity index is 1.71. The Morgan fingerprint density at radius 3 is 2.68 bits per heavy atom. The minimum absolute atomic E-state index is 0.230. The SMILES string of the molecule is Cc1cc(OCc2nc(-c3cccnc3)no2)cc(C)c1Br. The summed E-state index contributed by atoms with van der Waals surface area (Å²) in [6.45, 7) is 4.28. The fourth-order valence-electron chi connectivity index (χ4n) is 2.06. The lowest BCUT2D eigenvalue weighted by Crippen LogP contribution is -1.97. The van der Waals surface area contributed by atoms with E-state index >= 15 is 0 Å². The standard InChI is InChI=1S/C16H14BrN3O2/c1-10-6-13(7-11(2)15(10)17)21-9-14-19-16(20-22-14)12-4-3-5-18-8-12/h3-8H,9H2,1-2H3. The minimum atomic E-state index is 0.230. The summed E-state index contributed by atoms with van der Waals surface area (Å²) >= 11 is 3.54. The van der Waals surface area contributed by atoms with Gasteiger partial charge in [-0.3, -0.25) is 4.98 Å². The van der Waals surface area contributed by atoms with Crippen LogP contribution in [0.3, 0.4) is 0 Å². The van der Waals surface area contributed by atoms with Crippen molar-refractivity contribution in [3.8, 4) is 17.1 Å². The summed E-state index contributed by atoms with van der Waals surface area (Å²) in [5, 5.41) is 3.93. The highest BCUT2D eigenvalue weighted by Crippen LogP contribution is 2.26. The molecule has 1 aromatic carbocycles. The van der Waals surface area contributed by atoms with E-state index in [1.54, 1.807) is 12.4 Å². The highest BCUT2D eigenvalue weighted by molar-refractivity contribution is 9.10. The van der Waals surface area contributed by atoms with Gasteiger partial charge in [-0.25, -0.2) is 0 Å². The molecule has 0 aliphatic rings. The summed E-state index contributed by atoms with van der Waals surface area (Å²) in [6.07, 6.45) is 3.39. The first kappa shape index (κ1) is 14.7. The molecule has 112 valence electrons. The Hall–Kier alpha value is -2.21. The third-order valence-corrected chi connectivity index (χ3v) is 4.41. The second-order valence-electron chi connectivity index (χ2n) is 4.91. The molecule has 0 saturated heterocycles. The fraction of sp³-hybridized carbons (Fsp3) is 0.188. The maximum absolute atomic E-state index is 5.73. The zero-order valence-electron chi connectivity index (χ0n) is 12.2. The van der Waals surface area contributed by atoms with Crippen LogP contribution >= 0.6 is 15.9 Å². The van der Waals surface area contributed by atoms with Gasteiger partial charge in [0.25, 0.3) is 5.89 Å². The molecule has 0 saturated carbocycles. The molecule has 0 fully saturated rings. The van der Waals surface area contributed by atoms with Crippen molar-refractivity contribution in [1.82, 2.24) is 15.1 Å². The summed E-state index contributed by atoms with van der Waals surface area (Å²) in [5.74, 6) is 1.71. The lowest BCUT2D eigenvalue weighted by atomic mass is 10.1. The molecule has 0 aliphatic heterocycles. The van der Waals surface area contributed by atoms with Crippen LogP contribution in [0.1, 0.15) is 17.0 Å². The van der Waals surface area contributed by atoms with E-state index in [1.807, 2.05) is 38.1 Å². The molecule has 3 rings (SSSR count).